The number of pyridine rings is 1. The molecule has 0 unspecified atom stereocenters. The third-order valence-electron chi connectivity index (χ3n) is 3.55. The monoisotopic (exact) mass is 306 g/mol. The number of benzene rings is 1. The molecule has 0 radical (unpaired) electrons. The maximum atomic E-state index is 5.72. The van der Waals surface area contributed by atoms with Crippen LogP contribution in [0.5, 0.6) is 11.8 Å². The van der Waals surface area contributed by atoms with Crippen LogP contribution in [0.15, 0.2) is 54.9 Å². The fourth-order valence-electron chi connectivity index (χ4n) is 2.39. The second-order valence-electron chi connectivity index (χ2n) is 5.03. The molecule has 6 nitrogen and oxygen atoms in total. The van der Waals surface area contributed by atoms with Crippen LogP contribution in [-0.2, 0) is 6.61 Å². The maximum Gasteiger partial charge on any atom is 0.238 e. The average Bonchev–Trinajstić information content (AvgIpc) is 2.98. The predicted octanol–water partition coefficient (Wildman–Crippen LogP) is 2.87. The van der Waals surface area contributed by atoms with Gasteiger partial charge in [0.15, 0.2) is 0 Å². The minimum absolute atomic E-state index is 0.389. The Bertz CT molecular complexity index is 963. The van der Waals surface area contributed by atoms with Gasteiger partial charge in [-0.15, -0.1) is 0 Å². The largest absolute Gasteiger partial charge is 0.481 e. The third kappa shape index (κ3) is 2.55. The number of hydrogen-bond donors (Lipinski definition) is 0. The first-order valence-electron chi connectivity index (χ1n) is 7.19. The van der Waals surface area contributed by atoms with Gasteiger partial charge in [0.05, 0.1) is 18.1 Å². The molecule has 0 saturated carbocycles. The van der Waals surface area contributed by atoms with Gasteiger partial charge in [-0.2, -0.15) is 4.98 Å². The molecule has 0 atom stereocenters. The van der Waals surface area contributed by atoms with Crippen LogP contribution in [0.4, 0.5) is 0 Å². The molecule has 0 spiro atoms. The summed E-state index contributed by atoms with van der Waals surface area (Å²) >= 11 is 0. The molecule has 0 aliphatic carbocycles. The number of rotatable bonds is 4. The summed E-state index contributed by atoms with van der Waals surface area (Å²) in [6, 6.07) is 13.5. The molecule has 23 heavy (non-hydrogen) atoms. The zero-order chi connectivity index (χ0) is 15.6. The summed E-state index contributed by atoms with van der Waals surface area (Å²) in [5, 5.41) is 0. The zero-order valence-corrected chi connectivity index (χ0v) is 12.5. The van der Waals surface area contributed by atoms with Crippen molar-refractivity contribution >= 4 is 16.8 Å². The smallest absolute Gasteiger partial charge is 0.238 e. The Hall–Kier alpha value is -3.15. The lowest BCUT2D eigenvalue weighted by molar-refractivity contribution is 0.293. The van der Waals surface area contributed by atoms with Crippen molar-refractivity contribution in [3.63, 3.8) is 0 Å². The molecule has 4 rings (SSSR count). The van der Waals surface area contributed by atoms with Crippen molar-refractivity contribution in [1.29, 1.82) is 0 Å². The fourth-order valence-corrected chi connectivity index (χ4v) is 2.39. The first-order chi connectivity index (χ1) is 11.3. The van der Waals surface area contributed by atoms with Gasteiger partial charge in [0.2, 0.25) is 17.5 Å². The van der Waals surface area contributed by atoms with Crippen molar-refractivity contribution in [1.82, 2.24) is 19.4 Å². The van der Waals surface area contributed by atoms with E-state index < -0.39 is 0 Å². The number of nitrogens with zero attached hydrogens (tertiary/aromatic N) is 4. The van der Waals surface area contributed by atoms with Crippen LogP contribution in [0.1, 0.15) is 5.56 Å². The number of imidazole rings is 1. The Morgan fingerprint density at radius 1 is 1.00 bits per heavy atom. The highest BCUT2D eigenvalue weighted by atomic mass is 16.5. The summed E-state index contributed by atoms with van der Waals surface area (Å²) in [5.41, 5.74) is 2.89. The third-order valence-corrected chi connectivity index (χ3v) is 3.55. The molecule has 0 fully saturated rings. The van der Waals surface area contributed by atoms with Gasteiger partial charge in [-0.1, -0.05) is 12.1 Å². The molecule has 0 amide bonds. The molecular formula is C17H14N4O2. The zero-order valence-electron chi connectivity index (χ0n) is 12.5. The van der Waals surface area contributed by atoms with Crippen molar-refractivity contribution in [3.8, 4) is 11.8 Å². The quantitative estimate of drug-likeness (QED) is 0.580. The van der Waals surface area contributed by atoms with E-state index in [0.29, 0.717) is 24.1 Å². The lowest BCUT2D eigenvalue weighted by Crippen LogP contribution is -1.99. The number of methoxy groups -OCH3 is 1. The van der Waals surface area contributed by atoms with Crippen LogP contribution >= 0.6 is 0 Å². The fraction of sp³-hybridized carbons (Fsp3) is 0.118. The summed E-state index contributed by atoms with van der Waals surface area (Å²) in [5.74, 6) is 1.73. The van der Waals surface area contributed by atoms with E-state index in [-0.39, 0.29) is 0 Å². The summed E-state index contributed by atoms with van der Waals surface area (Å²) in [4.78, 5) is 13.1. The summed E-state index contributed by atoms with van der Waals surface area (Å²) in [7, 11) is 1.59. The second-order valence-corrected chi connectivity index (χ2v) is 5.03. The Morgan fingerprint density at radius 2 is 1.91 bits per heavy atom. The van der Waals surface area contributed by atoms with E-state index in [2.05, 4.69) is 15.0 Å². The van der Waals surface area contributed by atoms with Crippen molar-refractivity contribution in [2.45, 2.75) is 6.61 Å². The van der Waals surface area contributed by atoms with Gasteiger partial charge in [0, 0.05) is 30.1 Å². The number of aromatic nitrogens is 4. The Labute approximate surface area is 132 Å². The minimum Gasteiger partial charge on any atom is -0.481 e. The Balaban J connectivity index is 1.57. The minimum atomic E-state index is 0.389. The maximum absolute atomic E-state index is 5.72. The number of para-hydroxylation sites is 2. The van der Waals surface area contributed by atoms with Gasteiger partial charge in [-0.05, 0) is 18.2 Å². The van der Waals surface area contributed by atoms with Gasteiger partial charge in [0.1, 0.15) is 6.61 Å². The van der Waals surface area contributed by atoms with Gasteiger partial charge < -0.3 is 9.47 Å². The Kier molecular flexibility index (Phi) is 3.27. The van der Waals surface area contributed by atoms with Crippen LogP contribution in [-0.4, -0.2) is 26.5 Å². The van der Waals surface area contributed by atoms with Gasteiger partial charge in [0.25, 0.3) is 0 Å². The van der Waals surface area contributed by atoms with Crippen molar-refractivity contribution in [2.24, 2.45) is 0 Å². The van der Waals surface area contributed by atoms with Crippen molar-refractivity contribution < 1.29 is 9.47 Å². The van der Waals surface area contributed by atoms with E-state index in [1.807, 2.05) is 47.0 Å². The van der Waals surface area contributed by atoms with Crippen molar-refractivity contribution in [2.75, 3.05) is 7.11 Å². The SMILES string of the molecule is COc1ccc(COc2ccn3c(n2)nc2ccccc23)cn1. The lowest BCUT2D eigenvalue weighted by atomic mass is 10.3. The molecule has 1 aromatic carbocycles. The van der Waals surface area contributed by atoms with E-state index in [9.17, 15) is 0 Å². The predicted molar refractivity (Wildman–Crippen MR) is 85.6 cm³/mol. The molecule has 4 aromatic rings. The topological polar surface area (TPSA) is 61.5 Å². The molecule has 0 bridgehead atoms. The molecule has 114 valence electrons. The molecule has 0 N–H and O–H groups in total. The van der Waals surface area contributed by atoms with Gasteiger partial charge >= 0.3 is 0 Å². The van der Waals surface area contributed by atoms with Gasteiger partial charge in [-0.25, -0.2) is 9.97 Å². The van der Waals surface area contributed by atoms with Crippen LogP contribution in [0.2, 0.25) is 0 Å². The molecule has 0 aliphatic heterocycles. The molecule has 3 aromatic heterocycles. The highest BCUT2D eigenvalue weighted by Crippen LogP contribution is 2.18. The average molecular weight is 306 g/mol. The number of fused-ring (bicyclic) bond motifs is 3. The summed E-state index contributed by atoms with van der Waals surface area (Å²) in [6.07, 6.45) is 3.64. The van der Waals surface area contributed by atoms with Crippen LogP contribution in [0, 0.1) is 0 Å². The highest BCUT2D eigenvalue weighted by molar-refractivity contribution is 5.79. The highest BCUT2D eigenvalue weighted by Gasteiger charge is 2.06. The lowest BCUT2D eigenvalue weighted by Gasteiger charge is -2.06. The normalized spacial score (nSPS) is 11.0. The molecule has 0 saturated heterocycles. The number of ether oxygens (including phenoxy) is 2. The van der Waals surface area contributed by atoms with Crippen LogP contribution in [0.3, 0.4) is 0 Å². The second kappa shape index (κ2) is 5.57. The van der Waals surface area contributed by atoms with E-state index in [0.717, 1.165) is 16.6 Å². The molecular weight excluding hydrogens is 292 g/mol. The molecule has 0 aliphatic rings. The van der Waals surface area contributed by atoms with Gasteiger partial charge in [-0.3, -0.25) is 4.40 Å². The summed E-state index contributed by atoms with van der Waals surface area (Å²) in [6.45, 7) is 0.389. The first-order valence-corrected chi connectivity index (χ1v) is 7.19. The Morgan fingerprint density at radius 3 is 2.74 bits per heavy atom. The number of hydrogen-bond acceptors (Lipinski definition) is 5. The molecule has 3 heterocycles. The van der Waals surface area contributed by atoms with Crippen molar-refractivity contribution in [3.05, 3.63) is 60.4 Å². The first kappa shape index (κ1) is 13.5. The van der Waals surface area contributed by atoms with E-state index in [4.69, 9.17) is 9.47 Å². The van der Waals surface area contributed by atoms with E-state index >= 15 is 0 Å². The van der Waals surface area contributed by atoms with Crippen LogP contribution in [0.25, 0.3) is 16.8 Å². The summed E-state index contributed by atoms with van der Waals surface area (Å²) < 4.78 is 12.7. The van der Waals surface area contributed by atoms with E-state index in [1.54, 1.807) is 19.4 Å². The van der Waals surface area contributed by atoms with E-state index in [1.165, 1.54) is 0 Å². The molecule has 6 heteroatoms. The van der Waals surface area contributed by atoms with Crippen LogP contribution < -0.4 is 9.47 Å². The standard InChI is InChI=1S/C17H14N4O2/c1-22-15-7-6-12(10-18-15)11-23-16-8-9-21-14-5-3-2-4-13(14)19-17(21)20-16/h2-10H,11H2,1H3.